The van der Waals surface area contributed by atoms with Crippen LogP contribution in [-0.2, 0) is 44.9 Å². The third kappa shape index (κ3) is 8.78. The summed E-state index contributed by atoms with van der Waals surface area (Å²) in [5, 5.41) is 9.02. The molecule has 0 amide bonds. The Bertz CT molecular complexity index is 732. The molecule has 1 rings (SSSR count). The van der Waals surface area contributed by atoms with E-state index in [1.54, 1.807) is 0 Å². The van der Waals surface area contributed by atoms with Gasteiger partial charge in [-0.2, -0.15) is 0 Å². The fourth-order valence-electron chi connectivity index (χ4n) is 4.35. The zero-order valence-corrected chi connectivity index (χ0v) is 24.6. The molecule has 8 nitrogen and oxygen atoms in total. The van der Waals surface area contributed by atoms with Crippen LogP contribution in [0.2, 0.25) is 0 Å². The van der Waals surface area contributed by atoms with E-state index in [2.05, 4.69) is 59.3 Å². The van der Waals surface area contributed by atoms with Crippen molar-refractivity contribution >= 4 is 7.82 Å². The van der Waals surface area contributed by atoms with Crippen LogP contribution in [0.4, 0.5) is 0 Å². The minimum atomic E-state index is -4.17. The normalized spacial score (nSPS) is 28.4. The van der Waals surface area contributed by atoms with Crippen molar-refractivity contribution < 1.29 is 46.3 Å². The summed E-state index contributed by atoms with van der Waals surface area (Å²) in [6.07, 6.45) is -1.15. The average molecular weight is 542 g/mol. The Morgan fingerprint density at radius 3 is 2.21 bits per heavy atom. The first-order chi connectivity index (χ1) is 16.2. The Labute approximate surface area is 217 Å². The number of nitrogens with zero attached hydrogens (tertiary/aromatic N) is 2. The van der Waals surface area contributed by atoms with Crippen LogP contribution < -0.4 is 0 Å². The molecule has 1 heterocycles. The van der Waals surface area contributed by atoms with Crippen molar-refractivity contribution in [3.05, 3.63) is 0 Å². The number of phosphoric acid groups is 1. The van der Waals surface area contributed by atoms with Crippen molar-refractivity contribution in [1.29, 1.82) is 5.26 Å². The van der Waals surface area contributed by atoms with E-state index in [0.29, 0.717) is 11.8 Å². The summed E-state index contributed by atoms with van der Waals surface area (Å²) in [4.78, 5) is 5.10. The molecule has 8 unspecified atom stereocenters. The molecule has 0 aromatic rings. The SMILES string of the molecule is [3H]C1CC(OP(=O)(OCCC#N)OC(C)(C(C)C(C)C(C)C)C(C)C(C)C(C)C)C(CO[N]=[V])O1. The molecule has 8 atom stereocenters. The number of hydrogen-bond donors (Lipinski definition) is 0. The van der Waals surface area contributed by atoms with Crippen LogP contribution in [0.15, 0.2) is 3.95 Å². The van der Waals surface area contributed by atoms with Crippen molar-refractivity contribution in [2.45, 2.75) is 93.0 Å². The predicted molar refractivity (Wildman–Crippen MR) is 127 cm³/mol. The zero-order valence-electron chi connectivity index (χ0n) is 23.3. The maximum atomic E-state index is 14.2. The van der Waals surface area contributed by atoms with Crippen LogP contribution in [0.1, 0.15) is 76.5 Å². The molecule has 1 aliphatic rings. The van der Waals surface area contributed by atoms with E-state index >= 15 is 0 Å². The van der Waals surface area contributed by atoms with E-state index in [1.165, 1.54) is 0 Å². The van der Waals surface area contributed by atoms with Crippen molar-refractivity contribution in [3.8, 4) is 6.07 Å². The molecule has 0 N–H and O–H groups in total. The quantitative estimate of drug-likeness (QED) is 0.125. The number of phosphoric ester groups is 1. The van der Waals surface area contributed by atoms with Gasteiger partial charge in [-0.05, 0) is 0 Å². The van der Waals surface area contributed by atoms with Gasteiger partial charge in [-0.15, -0.1) is 0 Å². The first-order valence-corrected chi connectivity index (χ1v) is 14.4. The fourth-order valence-corrected chi connectivity index (χ4v) is 6.29. The number of ether oxygens (including phenoxy) is 1. The molecule has 0 radical (unpaired) electrons. The minimum absolute atomic E-state index is 0.0229. The molecule has 34 heavy (non-hydrogen) atoms. The molecule has 0 aromatic heterocycles. The molecule has 0 saturated carbocycles. The summed E-state index contributed by atoms with van der Waals surface area (Å²) in [7, 11) is -4.17. The summed E-state index contributed by atoms with van der Waals surface area (Å²) in [5.41, 5.74) is -0.850. The molecule has 1 fully saturated rings. The monoisotopic (exact) mass is 541 g/mol. The number of rotatable bonds is 16. The van der Waals surface area contributed by atoms with Gasteiger partial charge in [-0.25, -0.2) is 0 Å². The second kappa shape index (κ2) is 14.6. The Hall–Kier alpha value is -0.0956. The molecule has 0 bridgehead atoms. The fraction of sp³-hybridized carbons (Fsp3) is 0.958. The van der Waals surface area contributed by atoms with Gasteiger partial charge in [0, 0.05) is 0 Å². The van der Waals surface area contributed by atoms with Crippen molar-refractivity contribution in [1.82, 2.24) is 0 Å². The number of nitriles is 1. The molecule has 197 valence electrons. The molecule has 0 aliphatic carbocycles. The van der Waals surface area contributed by atoms with Gasteiger partial charge in [0.2, 0.25) is 0 Å². The predicted octanol–water partition coefficient (Wildman–Crippen LogP) is 6.49. The Morgan fingerprint density at radius 2 is 1.74 bits per heavy atom. The standard InChI is InChI=1S/C24H45N2O6P.V/c1-16(2)18(5)20(7)24(9,21(8)19(6)17(3)4)32-33(27,30-13-10-12-25)31-22-11-14-28-23(22)15-29-26;/h16-23H,10-11,13-15H2,1-9H3;/i14T;. The van der Waals surface area contributed by atoms with E-state index in [9.17, 15) is 4.57 Å². The summed E-state index contributed by atoms with van der Waals surface area (Å²) in [5.74, 6) is 1.36. The summed E-state index contributed by atoms with van der Waals surface area (Å²) in [6.45, 7) is 18.4. The number of hydrogen-bond acceptors (Lipinski definition) is 8. The Balaban J connectivity index is 3.39. The van der Waals surface area contributed by atoms with E-state index in [0.717, 1.165) is 0 Å². The van der Waals surface area contributed by atoms with Crippen LogP contribution in [0.25, 0.3) is 0 Å². The van der Waals surface area contributed by atoms with Crippen molar-refractivity contribution in [3.63, 3.8) is 0 Å². The summed E-state index contributed by atoms with van der Waals surface area (Å²) in [6, 6.07) is 2.01. The molecule has 0 aromatic carbocycles. The van der Waals surface area contributed by atoms with Crippen molar-refractivity contribution in [2.24, 2.45) is 39.5 Å². The van der Waals surface area contributed by atoms with Gasteiger partial charge in [0.25, 0.3) is 0 Å². The molecule has 1 saturated heterocycles. The average Bonchev–Trinajstić information content (AvgIpc) is 3.13. The third-order valence-electron chi connectivity index (χ3n) is 7.84. The second-order valence-electron chi connectivity index (χ2n) is 10.3. The van der Waals surface area contributed by atoms with E-state index < -0.39 is 32.2 Å². The van der Waals surface area contributed by atoms with Crippen LogP contribution in [0.5, 0.6) is 0 Å². The summed E-state index contributed by atoms with van der Waals surface area (Å²) >= 11 is 1.95. The molecular formula is C24H45N2O6PV. The van der Waals surface area contributed by atoms with Crippen molar-refractivity contribution in [2.75, 3.05) is 19.8 Å². The van der Waals surface area contributed by atoms with Crippen LogP contribution >= 0.6 is 7.82 Å². The Morgan fingerprint density at radius 1 is 1.18 bits per heavy atom. The van der Waals surface area contributed by atoms with Gasteiger partial charge in [-0.1, -0.05) is 27.7 Å². The van der Waals surface area contributed by atoms with Gasteiger partial charge >= 0.3 is 190 Å². The topological polar surface area (TPSA) is 99.4 Å². The van der Waals surface area contributed by atoms with Crippen LogP contribution in [-0.4, -0.2) is 37.6 Å². The van der Waals surface area contributed by atoms with E-state index in [-0.39, 0.29) is 49.7 Å². The van der Waals surface area contributed by atoms with Gasteiger partial charge < -0.3 is 0 Å². The third-order valence-corrected chi connectivity index (χ3v) is 9.66. The van der Waals surface area contributed by atoms with Gasteiger partial charge in [-0.3, -0.25) is 0 Å². The molecular weight excluding hydrogens is 494 g/mol. The van der Waals surface area contributed by atoms with E-state index in [1.807, 2.05) is 30.2 Å². The first kappa shape index (κ1) is 30.1. The summed E-state index contributed by atoms with van der Waals surface area (Å²) < 4.78 is 49.6. The van der Waals surface area contributed by atoms with Crippen LogP contribution in [0.3, 0.4) is 0 Å². The van der Waals surface area contributed by atoms with E-state index in [4.69, 9.17) is 29.8 Å². The van der Waals surface area contributed by atoms with Gasteiger partial charge in [0.1, 0.15) is 0 Å². The van der Waals surface area contributed by atoms with Gasteiger partial charge in [0.15, 0.2) is 0 Å². The molecule has 0 spiro atoms. The van der Waals surface area contributed by atoms with Gasteiger partial charge in [0.05, 0.1) is 0 Å². The first-order valence-electron chi connectivity index (χ1n) is 12.8. The second-order valence-corrected chi connectivity index (χ2v) is 12.1. The Kier molecular flexibility index (Phi) is 12.9. The van der Waals surface area contributed by atoms with Crippen LogP contribution in [0, 0.1) is 46.8 Å². The molecule has 10 heteroatoms. The molecule has 1 aliphatic heterocycles. The maximum absolute atomic E-state index is 14.2. The zero-order chi connectivity index (χ0) is 27.0.